The second-order valence-corrected chi connectivity index (χ2v) is 5.26. The zero-order valence-electron chi connectivity index (χ0n) is 10.5. The Hall–Kier alpha value is -1.58. The maximum absolute atomic E-state index is 11.9. The molecular weight excluding hydrogens is 216 g/mol. The molecule has 1 aliphatic heterocycles. The van der Waals surface area contributed by atoms with Gasteiger partial charge in [-0.1, -0.05) is 0 Å². The van der Waals surface area contributed by atoms with Gasteiger partial charge in [0.1, 0.15) is 11.4 Å². The third-order valence-corrected chi connectivity index (χ3v) is 2.52. The van der Waals surface area contributed by atoms with Crippen LogP contribution in [0.3, 0.4) is 0 Å². The summed E-state index contributed by atoms with van der Waals surface area (Å²) in [6.45, 7) is 6.53. The van der Waals surface area contributed by atoms with Crippen LogP contribution in [0.4, 0.5) is 5.82 Å². The van der Waals surface area contributed by atoms with Gasteiger partial charge in [0.15, 0.2) is 0 Å². The third-order valence-electron chi connectivity index (χ3n) is 2.52. The highest BCUT2D eigenvalue weighted by molar-refractivity contribution is 5.90. The van der Waals surface area contributed by atoms with Crippen molar-refractivity contribution in [3.8, 4) is 0 Å². The van der Waals surface area contributed by atoms with Crippen LogP contribution < -0.4 is 5.32 Å². The molecule has 4 nitrogen and oxygen atoms in total. The van der Waals surface area contributed by atoms with Gasteiger partial charge in [0.25, 0.3) is 0 Å². The molecule has 0 atom stereocenters. The zero-order valence-corrected chi connectivity index (χ0v) is 10.5. The average molecular weight is 234 g/mol. The quantitative estimate of drug-likeness (QED) is 0.758. The highest BCUT2D eigenvalue weighted by Gasteiger charge is 2.20. The molecule has 0 spiro atoms. The summed E-state index contributed by atoms with van der Waals surface area (Å²) in [5.74, 6) is 0.585. The van der Waals surface area contributed by atoms with E-state index < -0.39 is 5.60 Å². The van der Waals surface area contributed by atoms with Gasteiger partial charge in [0, 0.05) is 12.7 Å². The minimum absolute atomic E-state index is 0.307. The Labute approximate surface area is 101 Å². The number of carbonyl (C=O) groups excluding carboxylic acids is 1. The Morgan fingerprint density at radius 1 is 1.47 bits per heavy atom. The fourth-order valence-electron chi connectivity index (χ4n) is 1.79. The van der Waals surface area contributed by atoms with Crippen molar-refractivity contribution in [1.82, 2.24) is 4.98 Å². The molecule has 0 unspecified atom stereocenters. The third kappa shape index (κ3) is 2.96. The first-order valence-electron chi connectivity index (χ1n) is 5.92. The highest BCUT2D eigenvalue weighted by Crippen LogP contribution is 2.21. The lowest BCUT2D eigenvalue weighted by Crippen LogP contribution is -2.24. The number of aromatic nitrogens is 1. The highest BCUT2D eigenvalue weighted by atomic mass is 16.6. The van der Waals surface area contributed by atoms with Crippen molar-refractivity contribution >= 4 is 11.8 Å². The molecule has 0 radical (unpaired) electrons. The first-order chi connectivity index (χ1) is 7.96. The average Bonchev–Trinajstić information content (AvgIpc) is 2.26. The molecule has 0 amide bonds. The van der Waals surface area contributed by atoms with Crippen molar-refractivity contribution in [2.24, 2.45) is 0 Å². The standard InChI is InChI=1S/C13H18N2O2/c1-13(2,3)17-12(16)10-7-9-5-4-6-14-11(9)15-8-10/h7-8H,4-6H2,1-3H3,(H,14,15). The number of nitrogens with one attached hydrogen (secondary N) is 1. The number of nitrogens with zero attached hydrogens (tertiary/aromatic N) is 1. The Bertz CT molecular complexity index is 436. The molecule has 0 aliphatic carbocycles. The van der Waals surface area contributed by atoms with Gasteiger partial charge < -0.3 is 10.1 Å². The number of pyridine rings is 1. The summed E-state index contributed by atoms with van der Waals surface area (Å²) < 4.78 is 5.32. The van der Waals surface area contributed by atoms with E-state index in [1.165, 1.54) is 0 Å². The molecule has 1 N–H and O–H groups in total. The summed E-state index contributed by atoms with van der Waals surface area (Å²) in [5, 5.41) is 3.21. The number of esters is 1. The van der Waals surface area contributed by atoms with Crippen LogP contribution in [-0.2, 0) is 11.2 Å². The Morgan fingerprint density at radius 3 is 2.94 bits per heavy atom. The number of hydrogen-bond acceptors (Lipinski definition) is 4. The van der Waals surface area contributed by atoms with Gasteiger partial charge in [-0.2, -0.15) is 0 Å². The van der Waals surface area contributed by atoms with Gasteiger partial charge in [-0.15, -0.1) is 0 Å². The van der Waals surface area contributed by atoms with Crippen molar-refractivity contribution < 1.29 is 9.53 Å². The molecule has 0 bridgehead atoms. The lowest BCUT2D eigenvalue weighted by molar-refractivity contribution is 0.00690. The van der Waals surface area contributed by atoms with E-state index in [9.17, 15) is 4.79 Å². The van der Waals surface area contributed by atoms with Crippen molar-refractivity contribution in [2.45, 2.75) is 39.2 Å². The summed E-state index contributed by atoms with van der Waals surface area (Å²) in [7, 11) is 0. The number of anilines is 1. The summed E-state index contributed by atoms with van der Waals surface area (Å²) >= 11 is 0. The molecule has 0 saturated heterocycles. The van der Waals surface area contributed by atoms with E-state index in [1.54, 1.807) is 6.20 Å². The van der Waals surface area contributed by atoms with Gasteiger partial charge in [0.05, 0.1) is 5.56 Å². The first-order valence-corrected chi connectivity index (χ1v) is 5.92. The van der Waals surface area contributed by atoms with E-state index in [-0.39, 0.29) is 5.97 Å². The van der Waals surface area contributed by atoms with Crippen LogP contribution in [0.5, 0.6) is 0 Å². The lowest BCUT2D eigenvalue weighted by atomic mass is 10.1. The van der Waals surface area contributed by atoms with Gasteiger partial charge in [0.2, 0.25) is 0 Å². The normalized spacial score (nSPS) is 14.8. The van der Waals surface area contributed by atoms with Gasteiger partial charge in [-0.05, 0) is 45.2 Å². The molecule has 0 fully saturated rings. The van der Waals surface area contributed by atoms with Crippen LogP contribution in [0.15, 0.2) is 12.3 Å². The van der Waals surface area contributed by atoms with Crippen molar-refractivity contribution in [3.05, 3.63) is 23.4 Å². The summed E-state index contributed by atoms with van der Waals surface area (Å²) in [5.41, 5.74) is 1.16. The van der Waals surface area contributed by atoms with Crippen molar-refractivity contribution in [3.63, 3.8) is 0 Å². The lowest BCUT2D eigenvalue weighted by Gasteiger charge is -2.21. The van der Waals surface area contributed by atoms with E-state index in [0.29, 0.717) is 5.56 Å². The summed E-state index contributed by atoms with van der Waals surface area (Å²) in [6, 6.07) is 1.88. The van der Waals surface area contributed by atoms with E-state index in [1.807, 2.05) is 26.8 Å². The largest absolute Gasteiger partial charge is 0.456 e. The first kappa shape index (κ1) is 11.9. The number of hydrogen-bond donors (Lipinski definition) is 1. The predicted molar refractivity (Wildman–Crippen MR) is 66.2 cm³/mol. The molecule has 1 aliphatic rings. The van der Waals surface area contributed by atoms with E-state index in [2.05, 4.69) is 10.3 Å². The second-order valence-electron chi connectivity index (χ2n) is 5.26. The van der Waals surface area contributed by atoms with Crippen LogP contribution >= 0.6 is 0 Å². The zero-order chi connectivity index (χ0) is 12.5. The number of fused-ring (bicyclic) bond motifs is 1. The molecular formula is C13H18N2O2. The van der Waals surface area contributed by atoms with E-state index in [4.69, 9.17) is 4.74 Å². The topological polar surface area (TPSA) is 51.2 Å². The minimum atomic E-state index is -0.467. The number of ether oxygens (including phenoxy) is 1. The Morgan fingerprint density at radius 2 is 2.24 bits per heavy atom. The molecule has 2 heterocycles. The molecule has 4 heteroatoms. The summed E-state index contributed by atoms with van der Waals surface area (Å²) in [6.07, 6.45) is 3.61. The fraction of sp³-hybridized carbons (Fsp3) is 0.538. The predicted octanol–water partition coefficient (Wildman–Crippen LogP) is 2.39. The van der Waals surface area contributed by atoms with Crippen molar-refractivity contribution in [1.29, 1.82) is 0 Å². The molecule has 92 valence electrons. The molecule has 1 aromatic rings. The van der Waals surface area contributed by atoms with Gasteiger partial charge >= 0.3 is 5.97 Å². The van der Waals surface area contributed by atoms with Gasteiger partial charge in [-0.25, -0.2) is 9.78 Å². The minimum Gasteiger partial charge on any atom is -0.456 e. The van der Waals surface area contributed by atoms with E-state index in [0.717, 1.165) is 30.8 Å². The number of rotatable bonds is 1. The fourth-order valence-corrected chi connectivity index (χ4v) is 1.79. The maximum Gasteiger partial charge on any atom is 0.340 e. The second kappa shape index (κ2) is 4.35. The monoisotopic (exact) mass is 234 g/mol. The molecule has 1 aromatic heterocycles. The van der Waals surface area contributed by atoms with E-state index >= 15 is 0 Å². The van der Waals surface area contributed by atoms with Crippen LogP contribution in [0.2, 0.25) is 0 Å². The molecule has 2 rings (SSSR count). The van der Waals surface area contributed by atoms with Crippen LogP contribution in [0, 0.1) is 0 Å². The Balaban J connectivity index is 2.19. The van der Waals surface area contributed by atoms with Gasteiger partial charge in [-0.3, -0.25) is 0 Å². The SMILES string of the molecule is CC(C)(C)OC(=O)c1cnc2c(c1)CCCN2. The van der Waals surface area contributed by atoms with Crippen LogP contribution in [-0.4, -0.2) is 23.1 Å². The molecule has 0 saturated carbocycles. The van der Waals surface area contributed by atoms with Crippen LogP contribution in [0.25, 0.3) is 0 Å². The summed E-state index contributed by atoms with van der Waals surface area (Å²) in [4.78, 5) is 16.1. The number of aryl methyl sites for hydroxylation is 1. The van der Waals surface area contributed by atoms with Crippen molar-refractivity contribution in [2.75, 3.05) is 11.9 Å². The van der Waals surface area contributed by atoms with Crippen LogP contribution in [0.1, 0.15) is 43.1 Å². The molecule has 17 heavy (non-hydrogen) atoms. The maximum atomic E-state index is 11.9. The Kier molecular flexibility index (Phi) is 3.05. The molecule has 0 aromatic carbocycles. The smallest absolute Gasteiger partial charge is 0.340 e. The number of carbonyl (C=O) groups is 1.